The van der Waals surface area contributed by atoms with Crippen molar-refractivity contribution in [2.45, 2.75) is 0 Å². The largest absolute Gasteiger partial charge is 0.465 e. The third kappa shape index (κ3) is 3.24. The van der Waals surface area contributed by atoms with Crippen LogP contribution in [0.3, 0.4) is 0 Å². The predicted octanol–water partition coefficient (Wildman–Crippen LogP) is 3.49. The van der Waals surface area contributed by atoms with Crippen LogP contribution in [-0.2, 0) is 4.74 Å². The van der Waals surface area contributed by atoms with E-state index in [1.165, 1.54) is 7.11 Å². The minimum absolute atomic E-state index is 0.238. The van der Waals surface area contributed by atoms with Crippen molar-refractivity contribution in [3.8, 4) is 0 Å². The molecule has 0 saturated carbocycles. The van der Waals surface area contributed by atoms with Crippen LogP contribution < -0.4 is 5.32 Å². The van der Waals surface area contributed by atoms with Crippen LogP contribution in [0.2, 0.25) is 0 Å². The highest BCUT2D eigenvalue weighted by atomic mass is 79.9. The first-order valence-electron chi connectivity index (χ1n) is 5.86. The minimum atomic E-state index is -0.537. The molecular formula is C15H12BrNO3. The summed E-state index contributed by atoms with van der Waals surface area (Å²) in [5.41, 5.74) is 1.16. The second kappa shape index (κ2) is 6.34. The van der Waals surface area contributed by atoms with Crippen LogP contribution in [-0.4, -0.2) is 19.0 Å². The third-order valence-corrected chi connectivity index (χ3v) is 3.15. The molecule has 20 heavy (non-hydrogen) atoms. The molecule has 2 aromatic carbocycles. The molecule has 102 valence electrons. The number of carbonyl (C=O) groups excluding carboxylic acids is 2. The number of amides is 1. The normalized spacial score (nSPS) is 9.90. The summed E-state index contributed by atoms with van der Waals surface area (Å²) in [5, 5.41) is 2.74. The molecule has 0 heterocycles. The van der Waals surface area contributed by atoms with Gasteiger partial charge in [-0.15, -0.1) is 0 Å². The first-order chi connectivity index (χ1) is 9.61. The van der Waals surface area contributed by atoms with Crippen molar-refractivity contribution in [1.82, 2.24) is 0 Å². The Morgan fingerprint density at radius 1 is 1.05 bits per heavy atom. The van der Waals surface area contributed by atoms with Crippen molar-refractivity contribution < 1.29 is 14.3 Å². The van der Waals surface area contributed by atoms with E-state index in [-0.39, 0.29) is 17.0 Å². The van der Waals surface area contributed by atoms with Crippen molar-refractivity contribution in [1.29, 1.82) is 0 Å². The molecule has 0 spiro atoms. The summed E-state index contributed by atoms with van der Waals surface area (Å²) in [7, 11) is 1.28. The molecule has 4 nitrogen and oxygen atoms in total. The van der Waals surface area contributed by atoms with E-state index in [4.69, 9.17) is 0 Å². The Balaban J connectivity index is 2.28. The summed E-state index contributed by atoms with van der Waals surface area (Å²) < 4.78 is 5.53. The van der Waals surface area contributed by atoms with E-state index < -0.39 is 5.97 Å². The van der Waals surface area contributed by atoms with E-state index in [9.17, 15) is 9.59 Å². The van der Waals surface area contributed by atoms with Crippen molar-refractivity contribution in [3.63, 3.8) is 0 Å². The fourth-order valence-corrected chi connectivity index (χ4v) is 2.13. The topological polar surface area (TPSA) is 55.4 Å². The van der Waals surface area contributed by atoms with E-state index in [2.05, 4.69) is 26.0 Å². The second-order valence-electron chi connectivity index (χ2n) is 4.00. The number of nitrogens with one attached hydrogen (secondary N) is 1. The van der Waals surface area contributed by atoms with E-state index in [1.54, 1.807) is 36.4 Å². The van der Waals surface area contributed by atoms with E-state index in [1.807, 2.05) is 12.1 Å². The summed E-state index contributed by atoms with van der Waals surface area (Å²) in [6.45, 7) is 0. The van der Waals surface area contributed by atoms with Gasteiger partial charge >= 0.3 is 5.97 Å². The van der Waals surface area contributed by atoms with Crippen molar-refractivity contribution in [2.75, 3.05) is 12.4 Å². The summed E-state index contributed by atoms with van der Waals surface area (Å²) in [6, 6.07) is 13.7. The fraction of sp³-hybridized carbons (Fsp3) is 0.0667. The van der Waals surface area contributed by atoms with Crippen LogP contribution in [0.4, 0.5) is 5.69 Å². The average molecular weight is 334 g/mol. The molecule has 2 rings (SSSR count). The molecule has 0 bridgehead atoms. The summed E-state index contributed by atoms with van der Waals surface area (Å²) in [4.78, 5) is 23.9. The number of ether oxygens (including phenoxy) is 1. The molecule has 1 N–H and O–H groups in total. The minimum Gasteiger partial charge on any atom is -0.465 e. The van der Waals surface area contributed by atoms with Gasteiger partial charge in [-0.3, -0.25) is 4.79 Å². The monoisotopic (exact) mass is 333 g/mol. The number of benzene rings is 2. The van der Waals surface area contributed by atoms with Crippen LogP contribution in [0.5, 0.6) is 0 Å². The molecule has 0 aliphatic carbocycles. The zero-order valence-corrected chi connectivity index (χ0v) is 12.3. The molecule has 5 heteroatoms. The van der Waals surface area contributed by atoms with Crippen molar-refractivity contribution in [3.05, 3.63) is 64.1 Å². The third-order valence-electron chi connectivity index (χ3n) is 2.66. The lowest BCUT2D eigenvalue weighted by atomic mass is 10.1. The average Bonchev–Trinajstić information content (AvgIpc) is 2.46. The van der Waals surface area contributed by atoms with E-state index in [0.29, 0.717) is 5.69 Å². The molecular weight excluding hydrogens is 322 g/mol. The molecule has 0 saturated heterocycles. The SMILES string of the molecule is COC(=O)c1ccccc1C(=O)Nc1cccc(Br)c1. The zero-order chi connectivity index (χ0) is 14.5. The number of esters is 1. The molecule has 0 aliphatic rings. The summed E-state index contributed by atoms with van der Waals surface area (Å²) in [6.07, 6.45) is 0. The van der Waals surface area contributed by atoms with Crippen LogP contribution in [0.15, 0.2) is 53.0 Å². The number of carbonyl (C=O) groups is 2. The number of methoxy groups -OCH3 is 1. The van der Waals surface area contributed by atoms with Gasteiger partial charge in [0.05, 0.1) is 18.2 Å². The first kappa shape index (κ1) is 14.3. The predicted molar refractivity (Wildman–Crippen MR) is 79.9 cm³/mol. The lowest BCUT2D eigenvalue weighted by Crippen LogP contribution is -2.17. The lowest BCUT2D eigenvalue weighted by Gasteiger charge is -2.09. The van der Waals surface area contributed by atoms with Gasteiger partial charge in [-0.05, 0) is 30.3 Å². The fourth-order valence-electron chi connectivity index (χ4n) is 1.73. The van der Waals surface area contributed by atoms with E-state index in [0.717, 1.165) is 4.47 Å². The molecule has 0 radical (unpaired) electrons. The maximum atomic E-state index is 12.2. The summed E-state index contributed by atoms with van der Waals surface area (Å²) in [5.74, 6) is -0.894. The highest BCUT2D eigenvalue weighted by Crippen LogP contribution is 2.18. The number of halogens is 1. The zero-order valence-electron chi connectivity index (χ0n) is 10.7. The van der Waals surface area contributed by atoms with Gasteiger partial charge in [0, 0.05) is 10.2 Å². The number of hydrogen-bond acceptors (Lipinski definition) is 3. The maximum absolute atomic E-state index is 12.2. The molecule has 0 unspecified atom stereocenters. The van der Waals surface area contributed by atoms with Gasteiger partial charge in [0.2, 0.25) is 0 Å². The number of anilines is 1. The standard InChI is InChI=1S/C15H12BrNO3/c1-20-15(19)13-8-3-2-7-12(13)14(18)17-11-6-4-5-10(16)9-11/h2-9H,1H3,(H,17,18). The molecule has 0 aromatic heterocycles. The van der Waals surface area contributed by atoms with Crippen LogP contribution in [0.1, 0.15) is 20.7 Å². The van der Waals surface area contributed by atoms with Gasteiger partial charge in [0.15, 0.2) is 0 Å². The van der Waals surface area contributed by atoms with Crippen LogP contribution >= 0.6 is 15.9 Å². The van der Waals surface area contributed by atoms with Gasteiger partial charge in [0.1, 0.15) is 0 Å². The molecule has 1 amide bonds. The Morgan fingerprint density at radius 2 is 1.75 bits per heavy atom. The highest BCUT2D eigenvalue weighted by Gasteiger charge is 2.16. The van der Waals surface area contributed by atoms with Gasteiger partial charge in [-0.25, -0.2) is 4.79 Å². The Bertz CT molecular complexity index is 655. The van der Waals surface area contributed by atoms with E-state index >= 15 is 0 Å². The lowest BCUT2D eigenvalue weighted by molar-refractivity contribution is 0.0597. The highest BCUT2D eigenvalue weighted by molar-refractivity contribution is 9.10. The second-order valence-corrected chi connectivity index (χ2v) is 4.92. The Morgan fingerprint density at radius 3 is 2.40 bits per heavy atom. The Labute approximate surface area is 124 Å². The molecule has 0 aliphatic heterocycles. The first-order valence-corrected chi connectivity index (χ1v) is 6.65. The van der Waals surface area contributed by atoms with Gasteiger partial charge in [0.25, 0.3) is 5.91 Å². The smallest absolute Gasteiger partial charge is 0.338 e. The molecule has 2 aromatic rings. The Hall–Kier alpha value is -2.14. The maximum Gasteiger partial charge on any atom is 0.338 e. The summed E-state index contributed by atoms with van der Waals surface area (Å²) >= 11 is 3.33. The molecule has 0 fully saturated rings. The quantitative estimate of drug-likeness (QED) is 0.875. The van der Waals surface area contributed by atoms with Crippen LogP contribution in [0.25, 0.3) is 0 Å². The number of hydrogen-bond donors (Lipinski definition) is 1. The van der Waals surface area contributed by atoms with Crippen molar-refractivity contribution >= 4 is 33.5 Å². The van der Waals surface area contributed by atoms with Gasteiger partial charge in [-0.2, -0.15) is 0 Å². The number of rotatable bonds is 3. The van der Waals surface area contributed by atoms with Gasteiger partial charge < -0.3 is 10.1 Å². The van der Waals surface area contributed by atoms with Crippen molar-refractivity contribution in [2.24, 2.45) is 0 Å². The van der Waals surface area contributed by atoms with Crippen LogP contribution in [0, 0.1) is 0 Å². The van der Waals surface area contributed by atoms with Gasteiger partial charge in [-0.1, -0.05) is 34.1 Å². The Kier molecular flexibility index (Phi) is 4.53. The molecule has 0 atom stereocenters.